The number of ether oxygens (including phenoxy) is 3. The van der Waals surface area contributed by atoms with Crippen LogP contribution >= 0.6 is 31.9 Å². The molecule has 2 heterocycles. The van der Waals surface area contributed by atoms with Crippen LogP contribution in [0.1, 0.15) is 79.1 Å². The van der Waals surface area contributed by atoms with Gasteiger partial charge in [-0.05, 0) is 54.2 Å². The Hall–Kier alpha value is -1.29. The standard InChI is InChI=1S/C17H23BrO3.C14H19BrO3.H2/c1-5-15-10(2)11(3)16(20-12(4)19)17(21-15)13-7-6-8-14(18)9-13;1-3-11-8(2)12(16)13(17)14(18-11)9-5-4-6-10(15)7-9;/h6-11,15-17H,5H2,1-4H3;4-8,11-14,16-17H,3H2,1-2H3;1H/t10-,11-,15+,16-,17+;8-,11-,12+,13+,14-;/m01./s1. The molecule has 0 bridgehead atoms. The lowest BCUT2D eigenvalue weighted by Crippen LogP contribution is -2.49. The molecule has 2 N–H and O–H groups in total. The number of rotatable bonds is 5. The van der Waals surface area contributed by atoms with Gasteiger partial charge in [0.2, 0.25) is 0 Å². The van der Waals surface area contributed by atoms with Gasteiger partial charge in [0.25, 0.3) is 0 Å². The van der Waals surface area contributed by atoms with E-state index in [1.165, 1.54) is 6.92 Å². The molecule has 2 aliphatic rings. The van der Waals surface area contributed by atoms with Crippen LogP contribution < -0.4 is 0 Å². The first kappa shape index (κ1) is 32.2. The van der Waals surface area contributed by atoms with Crippen molar-refractivity contribution in [1.82, 2.24) is 0 Å². The first-order valence-corrected chi connectivity index (χ1v) is 15.4. The Bertz CT molecular complexity index is 1090. The van der Waals surface area contributed by atoms with E-state index in [0.29, 0.717) is 5.92 Å². The summed E-state index contributed by atoms with van der Waals surface area (Å²) in [6.45, 7) is 11.9. The molecule has 4 rings (SSSR count). The van der Waals surface area contributed by atoms with Crippen molar-refractivity contribution >= 4 is 37.8 Å². The average molecular weight is 672 g/mol. The summed E-state index contributed by atoms with van der Waals surface area (Å²) in [4.78, 5) is 11.5. The predicted molar refractivity (Wildman–Crippen MR) is 161 cm³/mol. The molecule has 39 heavy (non-hydrogen) atoms. The Morgan fingerprint density at radius 1 is 0.821 bits per heavy atom. The fourth-order valence-corrected chi connectivity index (χ4v) is 6.45. The zero-order valence-electron chi connectivity index (χ0n) is 23.6. The van der Waals surface area contributed by atoms with E-state index < -0.39 is 18.3 Å². The molecule has 0 radical (unpaired) electrons. The fourth-order valence-electron chi connectivity index (χ4n) is 5.61. The van der Waals surface area contributed by atoms with Gasteiger partial charge >= 0.3 is 5.97 Å². The van der Waals surface area contributed by atoms with E-state index in [1.54, 1.807) is 0 Å². The third-order valence-corrected chi connectivity index (χ3v) is 9.11. The van der Waals surface area contributed by atoms with Gasteiger partial charge in [-0.25, -0.2) is 0 Å². The molecule has 2 saturated heterocycles. The maximum atomic E-state index is 11.5. The molecular formula is C31H44Br2O6. The minimum atomic E-state index is -0.878. The molecule has 0 saturated carbocycles. The lowest BCUT2D eigenvalue weighted by atomic mass is 9.79. The summed E-state index contributed by atoms with van der Waals surface area (Å²) in [6, 6.07) is 15.7. The normalized spacial score (nSPS) is 34.5. The largest absolute Gasteiger partial charge is 0.459 e. The summed E-state index contributed by atoms with van der Waals surface area (Å²) in [6.07, 6.45) is -0.568. The van der Waals surface area contributed by atoms with Crippen LogP contribution in [-0.2, 0) is 19.0 Å². The zero-order valence-corrected chi connectivity index (χ0v) is 26.8. The van der Waals surface area contributed by atoms with E-state index >= 15 is 0 Å². The molecule has 0 aromatic heterocycles. The van der Waals surface area contributed by atoms with Gasteiger partial charge in [-0.3, -0.25) is 4.79 Å². The van der Waals surface area contributed by atoms with Crippen LogP contribution in [0.3, 0.4) is 0 Å². The third kappa shape index (κ3) is 7.92. The van der Waals surface area contributed by atoms with E-state index in [0.717, 1.165) is 32.9 Å². The Kier molecular flexibility index (Phi) is 12.0. The van der Waals surface area contributed by atoms with E-state index in [2.05, 4.69) is 52.6 Å². The molecule has 2 aromatic rings. The van der Waals surface area contributed by atoms with Gasteiger partial charge in [0, 0.05) is 29.1 Å². The molecule has 8 heteroatoms. The lowest BCUT2D eigenvalue weighted by molar-refractivity contribution is -0.199. The number of halogens is 2. The van der Waals surface area contributed by atoms with E-state index in [-0.39, 0.29) is 43.6 Å². The number of hydrogen-bond donors (Lipinski definition) is 2. The molecule has 0 unspecified atom stereocenters. The number of esters is 1. The molecule has 2 fully saturated rings. The Balaban J connectivity index is 0.000000276. The van der Waals surface area contributed by atoms with Crippen molar-refractivity contribution in [2.45, 2.75) is 97.1 Å². The minimum Gasteiger partial charge on any atom is -0.459 e. The number of aliphatic hydroxyl groups excluding tert-OH is 2. The molecule has 10 atom stereocenters. The molecule has 218 valence electrons. The van der Waals surface area contributed by atoms with Gasteiger partial charge in [0.15, 0.2) is 0 Å². The maximum Gasteiger partial charge on any atom is 0.303 e. The van der Waals surface area contributed by atoms with Gasteiger partial charge in [0.05, 0.1) is 18.3 Å². The first-order chi connectivity index (χ1) is 18.5. The van der Waals surface area contributed by atoms with Crippen LogP contribution in [-0.4, -0.2) is 46.7 Å². The highest BCUT2D eigenvalue weighted by atomic mass is 79.9. The quantitative estimate of drug-likeness (QED) is 0.322. The van der Waals surface area contributed by atoms with Gasteiger partial charge in [-0.2, -0.15) is 0 Å². The summed E-state index contributed by atoms with van der Waals surface area (Å²) >= 11 is 6.90. The number of carbonyl (C=O) groups excluding carboxylic acids is 1. The van der Waals surface area contributed by atoms with Gasteiger partial charge in [0.1, 0.15) is 24.4 Å². The summed E-state index contributed by atoms with van der Waals surface area (Å²) in [5.41, 5.74) is 1.94. The van der Waals surface area contributed by atoms with E-state index in [9.17, 15) is 15.0 Å². The van der Waals surface area contributed by atoms with Crippen LogP contribution in [0.25, 0.3) is 0 Å². The van der Waals surface area contributed by atoms with Crippen LogP contribution in [0.4, 0.5) is 0 Å². The maximum absolute atomic E-state index is 11.5. The van der Waals surface area contributed by atoms with Gasteiger partial charge in [-0.15, -0.1) is 0 Å². The molecule has 0 spiro atoms. The second kappa shape index (κ2) is 14.6. The van der Waals surface area contributed by atoms with Crippen molar-refractivity contribution in [2.24, 2.45) is 17.8 Å². The van der Waals surface area contributed by atoms with Crippen molar-refractivity contribution in [3.8, 4) is 0 Å². The van der Waals surface area contributed by atoms with Crippen LogP contribution in [0.2, 0.25) is 0 Å². The summed E-state index contributed by atoms with van der Waals surface area (Å²) in [5.74, 6) is 0.324. The molecule has 0 aliphatic carbocycles. The predicted octanol–water partition coefficient (Wildman–Crippen LogP) is 7.41. The monoisotopic (exact) mass is 670 g/mol. The average Bonchev–Trinajstić information content (AvgIpc) is 2.90. The van der Waals surface area contributed by atoms with E-state index in [1.807, 2.05) is 62.4 Å². The summed E-state index contributed by atoms with van der Waals surface area (Å²) in [7, 11) is 0. The Morgan fingerprint density at radius 2 is 1.31 bits per heavy atom. The fraction of sp³-hybridized carbons (Fsp3) is 0.581. The number of benzene rings is 2. The van der Waals surface area contributed by atoms with Crippen LogP contribution in [0, 0.1) is 17.8 Å². The van der Waals surface area contributed by atoms with Crippen molar-refractivity contribution in [3.05, 3.63) is 68.6 Å². The summed E-state index contributed by atoms with van der Waals surface area (Å²) < 4.78 is 19.8. The third-order valence-electron chi connectivity index (χ3n) is 8.12. The molecule has 6 nitrogen and oxygen atoms in total. The molecule has 0 amide bonds. The topological polar surface area (TPSA) is 85.2 Å². The molecule has 2 aromatic carbocycles. The first-order valence-electron chi connectivity index (χ1n) is 13.8. The lowest BCUT2D eigenvalue weighted by Gasteiger charge is -2.44. The van der Waals surface area contributed by atoms with Crippen molar-refractivity contribution < 1.29 is 30.6 Å². The van der Waals surface area contributed by atoms with Crippen LogP contribution in [0.5, 0.6) is 0 Å². The van der Waals surface area contributed by atoms with Crippen LogP contribution in [0.15, 0.2) is 57.5 Å². The highest BCUT2D eigenvalue weighted by molar-refractivity contribution is 9.10. The smallest absolute Gasteiger partial charge is 0.303 e. The Labute approximate surface area is 251 Å². The molecular weight excluding hydrogens is 628 g/mol. The number of aliphatic hydroxyl groups is 2. The van der Waals surface area contributed by atoms with Gasteiger partial charge in [-0.1, -0.05) is 90.7 Å². The van der Waals surface area contributed by atoms with E-state index in [4.69, 9.17) is 14.2 Å². The highest BCUT2D eigenvalue weighted by Gasteiger charge is 2.44. The number of hydrogen-bond acceptors (Lipinski definition) is 6. The number of carbonyl (C=O) groups is 1. The van der Waals surface area contributed by atoms with Gasteiger partial charge < -0.3 is 24.4 Å². The second-order valence-electron chi connectivity index (χ2n) is 10.7. The SMILES string of the molecule is CC[C@H]1O[C@H](c2cccc(Br)c2)[C@@H](O)[C@@H](O)[C@@H]1C.CC[C@H]1O[C@H](c2cccc(Br)c2)[C@@H](OC(C)=O)[C@@H](C)[C@@H]1C.[HH]. The van der Waals surface area contributed by atoms with Crippen molar-refractivity contribution in [2.75, 3.05) is 0 Å². The molecule has 2 aliphatic heterocycles. The second-order valence-corrected chi connectivity index (χ2v) is 12.6. The Morgan fingerprint density at radius 3 is 1.79 bits per heavy atom. The zero-order chi connectivity index (χ0) is 28.9. The highest BCUT2D eigenvalue weighted by Crippen LogP contribution is 2.42. The summed E-state index contributed by atoms with van der Waals surface area (Å²) in [5, 5.41) is 20.3. The van der Waals surface area contributed by atoms with Crippen molar-refractivity contribution in [1.29, 1.82) is 0 Å². The van der Waals surface area contributed by atoms with Crippen molar-refractivity contribution in [3.63, 3.8) is 0 Å². The minimum absolute atomic E-state index is 0.